The average molecular weight is 513 g/mol. The number of amides is 2. The van der Waals surface area contributed by atoms with E-state index in [0.29, 0.717) is 6.42 Å². The van der Waals surface area contributed by atoms with E-state index in [0.717, 1.165) is 11.1 Å². The Kier molecular flexibility index (Phi) is 11.6. The summed E-state index contributed by atoms with van der Waals surface area (Å²) in [5, 5.41) is 5.38. The molecule has 0 aliphatic carbocycles. The molecule has 0 unspecified atom stereocenters. The molecule has 0 fully saturated rings. The van der Waals surface area contributed by atoms with Gasteiger partial charge in [-0.05, 0) is 51.2 Å². The fourth-order valence-corrected chi connectivity index (χ4v) is 3.51. The van der Waals surface area contributed by atoms with Gasteiger partial charge in [-0.1, -0.05) is 74.5 Å². The third-order valence-electron chi connectivity index (χ3n) is 5.31. The average Bonchev–Trinajstić information content (AvgIpc) is 2.83. The van der Waals surface area contributed by atoms with Gasteiger partial charge in [0.25, 0.3) is 0 Å². The van der Waals surface area contributed by atoms with Gasteiger partial charge in [-0.15, -0.1) is 0 Å². The highest BCUT2D eigenvalue weighted by Gasteiger charge is 2.33. The van der Waals surface area contributed by atoms with E-state index in [-0.39, 0.29) is 19.1 Å². The second-order valence-corrected chi connectivity index (χ2v) is 10.4. The van der Waals surface area contributed by atoms with Crippen LogP contribution < -0.4 is 10.6 Å². The number of ether oxygens (including phenoxy) is 3. The number of carbonyl (C=O) groups excluding carboxylic acids is 3. The summed E-state index contributed by atoms with van der Waals surface area (Å²) in [4.78, 5) is 38.9. The molecule has 0 aliphatic heterocycles. The minimum Gasteiger partial charge on any atom is -0.459 e. The third kappa shape index (κ3) is 11.5. The lowest BCUT2D eigenvalue weighted by molar-refractivity contribution is -0.150. The van der Waals surface area contributed by atoms with E-state index in [9.17, 15) is 14.4 Å². The molecule has 2 amide bonds. The van der Waals surface area contributed by atoms with Crippen molar-refractivity contribution in [2.45, 2.75) is 85.0 Å². The summed E-state index contributed by atoms with van der Waals surface area (Å²) in [6.45, 7) is 11.1. The lowest BCUT2D eigenvalue weighted by atomic mass is 10.0. The topological polar surface area (TPSA) is 103 Å². The summed E-state index contributed by atoms with van der Waals surface area (Å²) in [5.74, 6) is -0.993. The largest absolute Gasteiger partial charge is 0.459 e. The highest BCUT2D eigenvalue weighted by atomic mass is 16.6. The van der Waals surface area contributed by atoms with Crippen molar-refractivity contribution in [3.63, 3.8) is 0 Å². The molecule has 0 spiro atoms. The van der Waals surface area contributed by atoms with Gasteiger partial charge in [0.1, 0.15) is 24.3 Å². The van der Waals surface area contributed by atoms with Gasteiger partial charge in [-0.2, -0.15) is 0 Å². The Balaban J connectivity index is 2.13. The monoisotopic (exact) mass is 512 g/mol. The minimum absolute atomic E-state index is 0.0975. The van der Waals surface area contributed by atoms with Gasteiger partial charge in [-0.3, -0.25) is 4.79 Å². The molecule has 2 aromatic carbocycles. The van der Waals surface area contributed by atoms with Crippen molar-refractivity contribution < 1.29 is 28.6 Å². The summed E-state index contributed by atoms with van der Waals surface area (Å²) in [6, 6.07) is 16.8. The van der Waals surface area contributed by atoms with Crippen molar-refractivity contribution >= 4 is 18.0 Å². The second kappa shape index (κ2) is 14.4. The number of rotatable bonds is 12. The highest BCUT2D eigenvalue weighted by Crippen LogP contribution is 2.13. The zero-order valence-electron chi connectivity index (χ0n) is 22.7. The quantitative estimate of drug-likeness (QED) is 0.398. The predicted octanol–water partition coefficient (Wildman–Crippen LogP) is 4.76. The van der Waals surface area contributed by atoms with Gasteiger partial charge in [0.05, 0.1) is 12.7 Å². The number of benzene rings is 2. The van der Waals surface area contributed by atoms with Crippen LogP contribution in [0.4, 0.5) is 4.79 Å². The maximum absolute atomic E-state index is 13.4. The number of nitrogens with one attached hydrogen (secondary N) is 2. The van der Waals surface area contributed by atoms with Crippen LogP contribution >= 0.6 is 0 Å². The van der Waals surface area contributed by atoms with Crippen molar-refractivity contribution in [1.29, 1.82) is 0 Å². The smallest absolute Gasteiger partial charge is 0.408 e. The van der Waals surface area contributed by atoms with E-state index in [1.807, 2.05) is 74.5 Å². The Morgan fingerprint density at radius 1 is 0.811 bits per heavy atom. The molecular weight excluding hydrogens is 472 g/mol. The summed E-state index contributed by atoms with van der Waals surface area (Å²) in [5.41, 5.74) is 1.02. The predicted molar refractivity (Wildman–Crippen MR) is 141 cm³/mol. The fourth-order valence-electron chi connectivity index (χ4n) is 3.51. The zero-order valence-corrected chi connectivity index (χ0v) is 22.7. The van der Waals surface area contributed by atoms with E-state index in [1.54, 1.807) is 27.7 Å². The van der Waals surface area contributed by atoms with E-state index in [1.165, 1.54) is 0 Å². The van der Waals surface area contributed by atoms with Gasteiger partial charge < -0.3 is 24.8 Å². The molecule has 0 saturated heterocycles. The molecule has 0 aliphatic rings. The molecular formula is C29H40N2O6. The van der Waals surface area contributed by atoms with E-state index in [4.69, 9.17) is 14.2 Å². The van der Waals surface area contributed by atoms with E-state index in [2.05, 4.69) is 10.6 Å². The van der Waals surface area contributed by atoms with E-state index < -0.39 is 41.8 Å². The molecule has 2 N–H and O–H groups in total. The standard InChI is InChI=1S/C29H40N2O6/c1-20(2)17-24(27(33)36-19-23-15-11-8-12-16-23)30-26(32)25(31-28(34)37-29(4,5)6)21(3)35-18-22-13-9-7-10-14-22/h7-16,20-21,24-25H,17-19H2,1-6H3,(H,30,32)(H,31,34)/t21-,24+,25+/m1/s1. The molecule has 3 atom stereocenters. The molecule has 2 rings (SSSR count). The first-order valence-corrected chi connectivity index (χ1v) is 12.6. The van der Waals surface area contributed by atoms with Gasteiger partial charge >= 0.3 is 12.1 Å². The van der Waals surface area contributed by atoms with Crippen LogP contribution in [0.2, 0.25) is 0 Å². The molecule has 8 nitrogen and oxygen atoms in total. The summed E-state index contributed by atoms with van der Waals surface area (Å²) < 4.78 is 16.8. The Morgan fingerprint density at radius 3 is 1.86 bits per heavy atom. The van der Waals surface area contributed by atoms with Crippen molar-refractivity contribution in [3.8, 4) is 0 Å². The molecule has 0 heterocycles. The summed E-state index contributed by atoms with van der Waals surface area (Å²) in [6.07, 6.45) is -1.10. The van der Waals surface area contributed by atoms with Crippen LogP contribution in [-0.2, 0) is 37.0 Å². The maximum Gasteiger partial charge on any atom is 0.408 e. The number of carbonyl (C=O) groups is 3. The molecule has 2 aromatic rings. The van der Waals surface area contributed by atoms with Crippen molar-refractivity contribution in [2.24, 2.45) is 5.92 Å². The Labute approximate surface area is 220 Å². The number of hydrogen-bond donors (Lipinski definition) is 2. The molecule has 0 radical (unpaired) electrons. The normalized spacial score (nSPS) is 13.8. The lowest BCUT2D eigenvalue weighted by Crippen LogP contribution is -2.57. The first-order valence-electron chi connectivity index (χ1n) is 12.6. The van der Waals surface area contributed by atoms with Crippen LogP contribution in [0.15, 0.2) is 60.7 Å². The Morgan fingerprint density at radius 2 is 1.35 bits per heavy atom. The molecule has 37 heavy (non-hydrogen) atoms. The lowest BCUT2D eigenvalue weighted by Gasteiger charge is -2.28. The van der Waals surface area contributed by atoms with Gasteiger partial charge in [-0.25, -0.2) is 9.59 Å². The third-order valence-corrected chi connectivity index (χ3v) is 5.31. The molecule has 0 aromatic heterocycles. The van der Waals surface area contributed by atoms with Gasteiger partial charge in [0.2, 0.25) is 5.91 Å². The van der Waals surface area contributed by atoms with Gasteiger partial charge in [0.15, 0.2) is 0 Å². The Hall–Kier alpha value is -3.39. The van der Waals surface area contributed by atoms with Crippen LogP contribution in [0.3, 0.4) is 0 Å². The highest BCUT2D eigenvalue weighted by molar-refractivity contribution is 5.90. The summed E-state index contributed by atoms with van der Waals surface area (Å²) >= 11 is 0. The minimum atomic E-state index is -1.10. The number of esters is 1. The fraction of sp³-hybridized carbons (Fsp3) is 0.483. The number of alkyl carbamates (subject to hydrolysis) is 1. The zero-order chi connectivity index (χ0) is 27.4. The SMILES string of the molecule is CC(C)C[C@H](NC(=O)[C@@H](NC(=O)OC(C)(C)C)[C@@H](C)OCc1ccccc1)C(=O)OCc1ccccc1. The Bertz CT molecular complexity index is 988. The molecule has 8 heteroatoms. The van der Waals surface area contributed by atoms with E-state index >= 15 is 0 Å². The van der Waals surface area contributed by atoms with Crippen molar-refractivity contribution in [2.75, 3.05) is 0 Å². The van der Waals surface area contributed by atoms with Crippen molar-refractivity contribution in [1.82, 2.24) is 10.6 Å². The summed E-state index contributed by atoms with van der Waals surface area (Å²) in [7, 11) is 0. The molecule has 0 saturated carbocycles. The van der Waals surface area contributed by atoms with Crippen LogP contribution in [0, 0.1) is 5.92 Å². The molecule has 202 valence electrons. The second-order valence-electron chi connectivity index (χ2n) is 10.4. The van der Waals surface area contributed by atoms with Crippen LogP contribution in [0.1, 0.15) is 59.1 Å². The molecule has 0 bridgehead atoms. The first kappa shape index (κ1) is 29.8. The maximum atomic E-state index is 13.4. The number of hydrogen-bond acceptors (Lipinski definition) is 6. The van der Waals surface area contributed by atoms with Crippen LogP contribution in [0.5, 0.6) is 0 Å². The van der Waals surface area contributed by atoms with Crippen LogP contribution in [0.25, 0.3) is 0 Å². The van der Waals surface area contributed by atoms with Crippen LogP contribution in [-0.4, -0.2) is 41.8 Å². The van der Waals surface area contributed by atoms with Crippen molar-refractivity contribution in [3.05, 3.63) is 71.8 Å². The van der Waals surface area contributed by atoms with Gasteiger partial charge in [0, 0.05) is 0 Å². The first-order chi connectivity index (χ1) is 17.4.